The van der Waals surface area contributed by atoms with Gasteiger partial charge in [0, 0.05) is 23.1 Å². The lowest BCUT2D eigenvalue weighted by molar-refractivity contribution is -0.139. The van der Waals surface area contributed by atoms with Crippen LogP contribution in [0, 0.1) is 0 Å². The average molecular weight is 246 g/mol. The van der Waals surface area contributed by atoms with Crippen molar-refractivity contribution in [2.24, 2.45) is 0 Å². The summed E-state index contributed by atoms with van der Waals surface area (Å²) in [5.74, 6) is -0.0656. The Morgan fingerprint density at radius 3 is 3.06 bits per heavy atom. The van der Waals surface area contributed by atoms with Gasteiger partial charge < -0.3 is 14.8 Å². The molecule has 0 spiro atoms. The number of H-pyrrole nitrogens is 1. The number of aromatic nitrogens is 1. The first kappa shape index (κ1) is 11.1. The molecule has 0 unspecified atom stereocenters. The van der Waals surface area contributed by atoms with Crippen molar-refractivity contribution in [3.05, 3.63) is 29.5 Å². The number of aromatic amines is 1. The van der Waals surface area contributed by atoms with Gasteiger partial charge in [-0.25, -0.2) is 0 Å². The molecular weight excluding hydrogens is 232 g/mol. The number of fused-ring (bicyclic) bond motifs is 3. The van der Waals surface area contributed by atoms with Crippen LogP contribution >= 0.6 is 0 Å². The molecule has 5 nitrogen and oxygen atoms in total. The molecule has 0 amide bonds. The summed E-state index contributed by atoms with van der Waals surface area (Å²) in [7, 11) is 1.63. The van der Waals surface area contributed by atoms with Crippen LogP contribution in [0.4, 0.5) is 0 Å². The summed E-state index contributed by atoms with van der Waals surface area (Å²) in [4.78, 5) is 14.4. The summed E-state index contributed by atoms with van der Waals surface area (Å²) in [6.45, 7) is 0.675. The Bertz CT molecular complexity index is 618. The second-order valence-electron chi connectivity index (χ2n) is 4.40. The predicted molar refractivity (Wildman–Crippen MR) is 66.9 cm³/mol. The van der Waals surface area contributed by atoms with E-state index in [1.165, 1.54) is 0 Å². The van der Waals surface area contributed by atoms with Gasteiger partial charge in [0.15, 0.2) is 0 Å². The summed E-state index contributed by atoms with van der Waals surface area (Å²) in [5, 5.41) is 13.3. The van der Waals surface area contributed by atoms with Crippen molar-refractivity contribution >= 4 is 16.9 Å². The number of ether oxygens (including phenoxy) is 1. The number of carboxylic acids is 1. The lowest BCUT2D eigenvalue weighted by Gasteiger charge is -2.20. The highest BCUT2D eigenvalue weighted by Crippen LogP contribution is 2.32. The van der Waals surface area contributed by atoms with Gasteiger partial charge in [0.2, 0.25) is 0 Å². The first-order valence-electron chi connectivity index (χ1n) is 5.85. The zero-order valence-corrected chi connectivity index (χ0v) is 9.99. The summed E-state index contributed by atoms with van der Waals surface area (Å²) in [5.41, 5.74) is 2.79. The van der Waals surface area contributed by atoms with Gasteiger partial charge in [-0.15, -0.1) is 0 Å². The maximum absolute atomic E-state index is 11.2. The zero-order valence-electron chi connectivity index (χ0n) is 9.99. The number of hydrogen-bond donors (Lipinski definition) is 3. The van der Waals surface area contributed by atoms with E-state index < -0.39 is 12.0 Å². The Morgan fingerprint density at radius 1 is 1.50 bits per heavy atom. The van der Waals surface area contributed by atoms with E-state index in [0.29, 0.717) is 6.54 Å². The van der Waals surface area contributed by atoms with E-state index in [2.05, 4.69) is 10.3 Å². The third-order valence-electron chi connectivity index (χ3n) is 3.41. The van der Waals surface area contributed by atoms with Gasteiger partial charge in [0.05, 0.1) is 7.11 Å². The number of carbonyl (C=O) groups is 1. The molecule has 0 bridgehead atoms. The molecule has 1 aliphatic heterocycles. The minimum atomic E-state index is -0.852. The Balaban J connectivity index is 2.21. The second-order valence-corrected chi connectivity index (χ2v) is 4.40. The van der Waals surface area contributed by atoms with Crippen LogP contribution < -0.4 is 10.1 Å². The van der Waals surface area contributed by atoms with Crippen LogP contribution in [0.5, 0.6) is 5.75 Å². The number of benzene rings is 1. The predicted octanol–water partition coefficient (Wildman–Crippen LogP) is 1.45. The highest BCUT2D eigenvalue weighted by molar-refractivity contribution is 5.89. The van der Waals surface area contributed by atoms with Crippen molar-refractivity contribution in [1.82, 2.24) is 10.3 Å². The molecule has 94 valence electrons. The molecule has 3 rings (SSSR count). The normalized spacial score (nSPS) is 18.6. The molecule has 0 radical (unpaired) electrons. The van der Waals surface area contributed by atoms with Crippen LogP contribution in [0.15, 0.2) is 18.2 Å². The van der Waals surface area contributed by atoms with Crippen molar-refractivity contribution < 1.29 is 14.6 Å². The van der Waals surface area contributed by atoms with Crippen LogP contribution in [0.3, 0.4) is 0 Å². The fourth-order valence-electron chi connectivity index (χ4n) is 2.54. The van der Waals surface area contributed by atoms with Crippen LogP contribution in [-0.4, -0.2) is 29.7 Å². The topological polar surface area (TPSA) is 74.3 Å². The number of nitrogens with one attached hydrogen (secondary N) is 2. The van der Waals surface area contributed by atoms with Gasteiger partial charge in [-0.1, -0.05) is 0 Å². The fraction of sp³-hybridized carbons (Fsp3) is 0.308. The van der Waals surface area contributed by atoms with E-state index >= 15 is 0 Å². The molecule has 3 N–H and O–H groups in total. The highest BCUT2D eigenvalue weighted by Gasteiger charge is 2.28. The standard InChI is InChI=1S/C13H14N2O3/c1-18-7-2-3-10-9(6-7)8-4-5-14-12(13(16)17)11(8)15-10/h2-3,6,12,14-15H,4-5H2,1H3,(H,16,17)/t12-/m0/s1. The molecule has 0 saturated heterocycles. The van der Waals surface area contributed by atoms with Gasteiger partial charge in [-0.3, -0.25) is 10.1 Å². The van der Waals surface area contributed by atoms with Crippen LogP contribution in [0.25, 0.3) is 10.9 Å². The third-order valence-corrected chi connectivity index (χ3v) is 3.41. The maximum atomic E-state index is 11.2. The van der Waals surface area contributed by atoms with E-state index in [9.17, 15) is 9.90 Å². The average Bonchev–Trinajstić information content (AvgIpc) is 2.75. The van der Waals surface area contributed by atoms with E-state index in [1.807, 2.05) is 18.2 Å². The second kappa shape index (κ2) is 4.03. The molecule has 18 heavy (non-hydrogen) atoms. The Hall–Kier alpha value is -2.01. The molecule has 2 heterocycles. The SMILES string of the molecule is COc1ccc2[nH]c3c(c2c1)CCN[C@@H]3C(=O)O. The minimum Gasteiger partial charge on any atom is -0.497 e. The van der Waals surface area contributed by atoms with Crippen LogP contribution in [0.2, 0.25) is 0 Å². The number of methoxy groups -OCH3 is 1. The van der Waals surface area contributed by atoms with E-state index in [-0.39, 0.29) is 0 Å². The first-order valence-corrected chi connectivity index (χ1v) is 5.85. The lowest BCUT2D eigenvalue weighted by Crippen LogP contribution is -2.34. The van der Waals surface area contributed by atoms with Crippen molar-refractivity contribution in [2.75, 3.05) is 13.7 Å². The molecule has 0 aliphatic carbocycles. The first-order chi connectivity index (χ1) is 8.70. The number of rotatable bonds is 2. The van der Waals surface area contributed by atoms with Gasteiger partial charge in [0.25, 0.3) is 0 Å². The highest BCUT2D eigenvalue weighted by atomic mass is 16.5. The summed E-state index contributed by atoms with van der Waals surface area (Å²) < 4.78 is 5.21. The van der Waals surface area contributed by atoms with Crippen LogP contribution in [-0.2, 0) is 11.2 Å². The third kappa shape index (κ3) is 1.55. The molecule has 1 aliphatic rings. The monoisotopic (exact) mass is 246 g/mol. The smallest absolute Gasteiger partial charge is 0.326 e. The molecule has 0 fully saturated rings. The summed E-state index contributed by atoms with van der Waals surface area (Å²) in [6, 6.07) is 5.10. The van der Waals surface area contributed by atoms with E-state index in [4.69, 9.17) is 4.74 Å². The summed E-state index contributed by atoms with van der Waals surface area (Å²) in [6.07, 6.45) is 0.826. The lowest BCUT2D eigenvalue weighted by atomic mass is 9.99. The Kier molecular flexibility index (Phi) is 2.48. The number of carboxylic acid groups (broad SMARTS) is 1. The van der Waals surface area contributed by atoms with Gasteiger partial charge in [-0.2, -0.15) is 0 Å². The fourth-order valence-corrected chi connectivity index (χ4v) is 2.54. The largest absolute Gasteiger partial charge is 0.497 e. The molecule has 0 saturated carbocycles. The van der Waals surface area contributed by atoms with Gasteiger partial charge >= 0.3 is 5.97 Å². The van der Waals surface area contributed by atoms with Crippen molar-refractivity contribution in [1.29, 1.82) is 0 Å². The van der Waals surface area contributed by atoms with E-state index in [0.717, 1.165) is 34.3 Å². The van der Waals surface area contributed by atoms with Gasteiger partial charge in [0.1, 0.15) is 11.8 Å². The molecule has 1 atom stereocenters. The van der Waals surface area contributed by atoms with Crippen molar-refractivity contribution in [3.63, 3.8) is 0 Å². The molecule has 1 aromatic heterocycles. The van der Waals surface area contributed by atoms with E-state index in [1.54, 1.807) is 7.11 Å². The maximum Gasteiger partial charge on any atom is 0.326 e. The Morgan fingerprint density at radius 2 is 2.33 bits per heavy atom. The molecule has 1 aromatic carbocycles. The van der Waals surface area contributed by atoms with Crippen molar-refractivity contribution in [3.8, 4) is 5.75 Å². The molecule has 5 heteroatoms. The summed E-state index contributed by atoms with van der Waals surface area (Å²) >= 11 is 0. The Labute approximate surface area is 104 Å². The molecule has 2 aromatic rings. The molecular formula is C13H14N2O3. The van der Waals surface area contributed by atoms with Crippen LogP contribution in [0.1, 0.15) is 17.3 Å². The van der Waals surface area contributed by atoms with Gasteiger partial charge in [-0.05, 0) is 30.2 Å². The number of hydrogen-bond acceptors (Lipinski definition) is 3. The minimum absolute atomic E-state index is 0.646. The quantitative estimate of drug-likeness (QED) is 0.749. The zero-order chi connectivity index (χ0) is 12.7. The van der Waals surface area contributed by atoms with Crippen molar-refractivity contribution in [2.45, 2.75) is 12.5 Å². The number of aliphatic carboxylic acids is 1.